The number of amides is 1. The molecule has 0 radical (unpaired) electrons. The molecule has 0 aliphatic carbocycles. The molecule has 0 spiro atoms. The fourth-order valence-corrected chi connectivity index (χ4v) is 2.16. The number of hydrogen-bond donors (Lipinski definition) is 3. The highest BCUT2D eigenvalue weighted by Crippen LogP contribution is 2.36. The molecule has 1 amide bonds. The van der Waals surface area contributed by atoms with Crippen molar-refractivity contribution in [1.82, 2.24) is 4.98 Å². The predicted molar refractivity (Wildman–Crippen MR) is 84.0 cm³/mol. The summed E-state index contributed by atoms with van der Waals surface area (Å²) in [6.45, 7) is 0. The third kappa shape index (κ3) is 3.63. The summed E-state index contributed by atoms with van der Waals surface area (Å²) >= 11 is 1.19. The molecule has 1 aromatic carbocycles. The highest BCUT2D eigenvalue weighted by atomic mass is 32.1. The number of phenolic OH excluding ortho intramolecular Hbond substituents is 2. The Morgan fingerprint density at radius 2 is 2.22 bits per heavy atom. The Morgan fingerprint density at radius 1 is 1.48 bits per heavy atom. The quantitative estimate of drug-likeness (QED) is 0.259. The van der Waals surface area contributed by atoms with E-state index in [9.17, 15) is 25.1 Å². The molecule has 0 bridgehead atoms. The van der Waals surface area contributed by atoms with Crippen molar-refractivity contribution >= 4 is 34.1 Å². The van der Waals surface area contributed by atoms with Crippen LogP contribution in [0, 0.1) is 22.5 Å². The molecule has 3 N–H and O–H groups in total. The second kappa shape index (κ2) is 6.59. The Kier molecular flexibility index (Phi) is 4.58. The van der Waals surface area contributed by atoms with Gasteiger partial charge < -0.3 is 10.2 Å². The summed E-state index contributed by atoms with van der Waals surface area (Å²) in [5.74, 6) is -0.0217. The Labute approximate surface area is 133 Å². The van der Waals surface area contributed by atoms with Crippen LogP contribution in [0.5, 0.6) is 11.5 Å². The molecule has 0 atom stereocenters. The topological polar surface area (TPSA) is 126 Å². The van der Waals surface area contributed by atoms with Crippen molar-refractivity contribution in [3.8, 4) is 23.8 Å². The van der Waals surface area contributed by atoms with Crippen molar-refractivity contribution in [3.05, 3.63) is 45.0 Å². The molecule has 8 nitrogen and oxygen atoms in total. The number of phenols is 2. The molecule has 1 aromatic heterocycles. The summed E-state index contributed by atoms with van der Waals surface area (Å²) in [6.07, 6.45) is 7.95. The molecule has 2 rings (SSSR count). The lowest BCUT2D eigenvalue weighted by molar-refractivity contribution is -0.386. The van der Waals surface area contributed by atoms with Crippen LogP contribution in [0.25, 0.3) is 6.08 Å². The summed E-state index contributed by atoms with van der Waals surface area (Å²) in [5.41, 5.74) is -0.734. The standard InChI is InChI=1S/C14H9N3O5S/c1-2-9(13(20)16-14-15-3-4-23-14)5-8-6-10(17(21)22)12(19)11(18)7-8/h1,3-7,18-19H,(H,15,16,20)/b9-5+. The minimum atomic E-state index is -0.864. The first-order valence-electron chi connectivity index (χ1n) is 6.02. The van der Waals surface area contributed by atoms with Crippen molar-refractivity contribution in [2.75, 3.05) is 5.32 Å². The van der Waals surface area contributed by atoms with Crippen LogP contribution in [-0.2, 0) is 4.79 Å². The van der Waals surface area contributed by atoms with Gasteiger partial charge in [0.25, 0.3) is 5.91 Å². The molecule has 9 heteroatoms. The van der Waals surface area contributed by atoms with E-state index in [1.165, 1.54) is 23.6 Å². The lowest BCUT2D eigenvalue weighted by atomic mass is 10.1. The molecule has 23 heavy (non-hydrogen) atoms. The zero-order valence-electron chi connectivity index (χ0n) is 11.4. The molecule has 1 heterocycles. The smallest absolute Gasteiger partial charge is 0.315 e. The van der Waals surface area contributed by atoms with E-state index in [0.29, 0.717) is 5.13 Å². The molecule has 0 saturated carbocycles. The van der Waals surface area contributed by atoms with E-state index in [4.69, 9.17) is 6.42 Å². The summed E-state index contributed by atoms with van der Waals surface area (Å²) in [4.78, 5) is 25.8. The number of nitro groups is 1. The average Bonchev–Trinajstić information content (AvgIpc) is 3.00. The fourth-order valence-electron chi connectivity index (χ4n) is 1.64. The van der Waals surface area contributed by atoms with Crippen LogP contribution in [0.4, 0.5) is 10.8 Å². The molecule has 0 saturated heterocycles. The summed E-state index contributed by atoms with van der Waals surface area (Å²) in [6, 6.07) is 2.04. The highest BCUT2D eigenvalue weighted by Gasteiger charge is 2.19. The maximum atomic E-state index is 12.0. The number of rotatable bonds is 4. The second-order valence-corrected chi connectivity index (χ2v) is 5.05. The zero-order chi connectivity index (χ0) is 17.0. The monoisotopic (exact) mass is 331 g/mol. The van der Waals surface area contributed by atoms with Crippen LogP contribution in [0.3, 0.4) is 0 Å². The number of hydrogen-bond acceptors (Lipinski definition) is 7. The molecular weight excluding hydrogens is 322 g/mol. The fraction of sp³-hybridized carbons (Fsp3) is 0. The van der Waals surface area contributed by atoms with Gasteiger partial charge in [-0.25, -0.2) is 4.98 Å². The molecule has 0 aliphatic rings. The first kappa shape index (κ1) is 16.0. The van der Waals surface area contributed by atoms with Gasteiger partial charge >= 0.3 is 5.69 Å². The Morgan fingerprint density at radius 3 is 2.78 bits per heavy atom. The molecule has 0 fully saturated rings. The first-order valence-corrected chi connectivity index (χ1v) is 6.90. The van der Waals surface area contributed by atoms with Gasteiger partial charge in [-0.2, -0.15) is 0 Å². The van der Waals surface area contributed by atoms with Gasteiger partial charge in [0.2, 0.25) is 5.75 Å². The normalized spacial score (nSPS) is 10.8. The number of anilines is 1. The SMILES string of the molecule is C#C/C(=C\c1cc(O)c(O)c([N+](=O)[O-])c1)C(=O)Nc1nccs1. The second-order valence-electron chi connectivity index (χ2n) is 4.16. The number of carbonyl (C=O) groups is 1. The van der Waals surface area contributed by atoms with Crippen molar-refractivity contribution in [2.45, 2.75) is 0 Å². The Hall–Kier alpha value is -3.38. The van der Waals surface area contributed by atoms with Gasteiger partial charge in [-0.1, -0.05) is 5.92 Å². The number of aromatic nitrogens is 1. The highest BCUT2D eigenvalue weighted by molar-refractivity contribution is 7.13. The summed E-state index contributed by atoms with van der Waals surface area (Å²) in [7, 11) is 0. The van der Waals surface area contributed by atoms with E-state index in [2.05, 4.69) is 16.2 Å². The number of nitro benzene ring substituents is 1. The molecular formula is C14H9N3O5S. The molecule has 0 aliphatic heterocycles. The minimum absolute atomic E-state index is 0.0919. The van der Waals surface area contributed by atoms with Gasteiger partial charge in [0.15, 0.2) is 10.9 Å². The van der Waals surface area contributed by atoms with Crippen molar-refractivity contribution in [1.29, 1.82) is 0 Å². The van der Waals surface area contributed by atoms with Gasteiger partial charge in [0, 0.05) is 17.6 Å². The van der Waals surface area contributed by atoms with Gasteiger partial charge in [0.05, 0.1) is 10.5 Å². The van der Waals surface area contributed by atoms with E-state index < -0.39 is 28.0 Å². The first-order chi connectivity index (χ1) is 10.9. The van der Waals surface area contributed by atoms with Crippen LogP contribution in [0.15, 0.2) is 29.3 Å². The van der Waals surface area contributed by atoms with E-state index in [-0.39, 0.29) is 11.1 Å². The van der Waals surface area contributed by atoms with Crippen LogP contribution in [0.1, 0.15) is 5.56 Å². The maximum Gasteiger partial charge on any atom is 0.315 e. The third-order valence-corrected chi connectivity index (χ3v) is 3.34. The number of aromatic hydroxyl groups is 2. The minimum Gasteiger partial charge on any atom is -0.504 e. The Bertz CT molecular complexity index is 837. The van der Waals surface area contributed by atoms with Gasteiger partial charge in [-0.15, -0.1) is 17.8 Å². The number of thiazole rings is 1. The van der Waals surface area contributed by atoms with Gasteiger partial charge in [-0.05, 0) is 17.7 Å². The largest absolute Gasteiger partial charge is 0.504 e. The van der Waals surface area contributed by atoms with Crippen LogP contribution >= 0.6 is 11.3 Å². The van der Waals surface area contributed by atoms with E-state index >= 15 is 0 Å². The van der Waals surface area contributed by atoms with Crippen molar-refractivity contribution < 1.29 is 19.9 Å². The molecule has 0 unspecified atom stereocenters. The lowest BCUT2D eigenvalue weighted by Gasteiger charge is -2.03. The maximum absolute atomic E-state index is 12.0. The predicted octanol–water partition coefficient (Wildman–Crippen LogP) is 2.12. The number of nitrogens with one attached hydrogen (secondary N) is 1. The third-order valence-electron chi connectivity index (χ3n) is 2.65. The molecule has 116 valence electrons. The van der Waals surface area contributed by atoms with Crippen LogP contribution in [-0.4, -0.2) is 26.0 Å². The zero-order valence-corrected chi connectivity index (χ0v) is 12.2. The van der Waals surface area contributed by atoms with E-state index in [1.807, 2.05) is 0 Å². The average molecular weight is 331 g/mol. The number of carbonyl (C=O) groups excluding carboxylic acids is 1. The number of nitrogens with zero attached hydrogens (tertiary/aromatic N) is 2. The summed E-state index contributed by atoms with van der Waals surface area (Å²) in [5, 5.41) is 34.2. The van der Waals surface area contributed by atoms with Crippen LogP contribution in [0.2, 0.25) is 0 Å². The van der Waals surface area contributed by atoms with E-state index in [0.717, 1.165) is 12.1 Å². The molecule has 2 aromatic rings. The van der Waals surface area contributed by atoms with Crippen LogP contribution < -0.4 is 5.32 Å². The van der Waals surface area contributed by atoms with Crippen molar-refractivity contribution in [2.24, 2.45) is 0 Å². The van der Waals surface area contributed by atoms with Crippen molar-refractivity contribution in [3.63, 3.8) is 0 Å². The van der Waals surface area contributed by atoms with Gasteiger partial charge in [-0.3, -0.25) is 20.2 Å². The number of benzene rings is 1. The van der Waals surface area contributed by atoms with Gasteiger partial charge in [0.1, 0.15) is 0 Å². The lowest BCUT2D eigenvalue weighted by Crippen LogP contribution is -2.13. The Balaban J connectivity index is 2.36. The van der Waals surface area contributed by atoms with E-state index in [1.54, 1.807) is 5.38 Å². The summed E-state index contributed by atoms with van der Waals surface area (Å²) < 4.78 is 0. The number of terminal acetylenes is 1.